The molecular formula is C33H31ClF3N7O5. The largest absolute Gasteiger partial charge is 0.505 e. The lowest BCUT2D eigenvalue weighted by Gasteiger charge is -2.39. The molecule has 16 heteroatoms. The van der Waals surface area contributed by atoms with Crippen LogP contribution in [0, 0.1) is 0 Å². The molecule has 5 heterocycles. The zero-order valence-electron chi connectivity index (χ0n) is 26.3. The Balaban J connectivity index is 1.26. The summed E-state index contributed by atoms with van der Waals surface area (Å²) < 4.78 is 47.9. The van der Waals surface area contributed by atoms with Crippen molar-refractivity contribution in [3.8, 4) is 5.75 Å². The molecule has 2 aliphatic heterocycles. The summed E-state index contributed by atoms with van der Waals surface area (Å²) in [6, 6.07) is 5.61. The van der Waals surface area contributed by atoms with Crippen molar-refractivity contribution in [3.05, 3.63) is 86.3 Å². The summed E-state index contributed by atoms with van der Waals surface area (Å²) in [5.74, 6) is -0.914. The highest BCUT2D eigenvalue weighted by molar-refractivity contribution is 6.33. The fourth-order valence-electron chi connectivity index (χ4n) is 7.32. The van der Waals surface area contributed by atoms with Gasteiger partial charge in [-0.1, -0.05) is 24.6 Å². The van der Waals surface area contributed by atoms with Crippen molar-refractivity contribution >= 4 is 40.5 Å². The van der Waals surface area contributed by atoms with Crippen molar-refractivity contribution in [1.29, 1.82) is 0 Å². The standard InChI is InChI=1S/C33H31ClF3N7O5/c1-18-16-32(8-11-42(12-9-32)30(48)26-23(45)3-2-10-38-26)25-27(18)43(17-24(46)39-22-5-4-20(15-21(22)34)33(35,36)37)31-40-28(41-44(31)29(25)47)19-6-13-49-14-7-19/h2-6,10,15,18,45H,7-9,11-14,16-17H2,1H3,(H,39,46)/t18-/m1/s1. The van der Waals surface area contributed by atoms with Crippen LogP contribution in [-0.4, -0.2) is 72.3 Å². The van der Waals surface area contributed by atoms with E-state index in [-0.39, 0.29) is 46.0 Å². The summed E-state index contributed by atoms with van der Waals surface area (Å²) in [6.45, 7) is 3.08. The predicted molar refractivity (Wildman–Crippen MR) is 171 cm³/mol. The molecule has 1 aliphatic carbocycles. The monoisotopic (exact) mass is 697 g/mol. The van der Waals surface area contributed by atoms with Crippen LogP contribution in [0.25, 0.3) is 11.4 Å². The second-order valence-electron chi connectivity index (χ2n) is 12.6. The van der Waals surface area contributed by atoms with Crippen LogP contribution in [0.15, 0.2) is 47.4 Å². The number of rotatable bonds is 5. The van der Waals surface area contributed by atoms with Gasteiger partial charge in [0.25, 0.3) is 11.5 Å². The van der Waals surface area contributed by atoms with Gasteiger partial charge in [-0.2, -0.15) is 22.7 Å². The smallest absolute Gasteiger partial charge is 0.416 e. The summed E-state index contributed by atoms with van der Waals surface area (Å²) in [5.41, 5.74) is -0.0616. The van der Waals surface area contributed by atoms with E-state index in [1.807, 2.05) is 13.0 Å². The molecule has 1 aromatic carbocycles. The van der Waals surface area contributed by atoms with E-state index in [9.17, 15) is 32.7 Å². The van der Waals surface area contributed by atoms with E-state index >= 15 is 0 Å². The third-order valence-corrected chi connectivity index (χ3v) is 9.91. The molecule has 0 saturated carbocycles. The number of pyridine rings is 1. The van der Waals surface area contributed by atoms with E-state index < -0.39 is 29.0 Å². The summed E-state index contributed by atoms with van der Waals surface area (Å²) in [4.78, 5) is 51.5. The highest BCUT2D eigenvalue weighted by Crippen LogP contribution is 2.50. The zero-order valence-corrected chi connectivity index (χ0v) is 27.0. The van der Waals surface area contributed by atoms with Crippen molar-refractivity contribution in [3.63, 3.8) is 0 Å². The number of nitrogens with zero attached hydrogens (tertiary/aromatic N) is 6. The molecule has 256 valence electrons. The average molecular weight is 698 g/mol. The molecule has 0 radical (unpaired) electrons. The second-order valence-corrected chi connectivity index (χ2v) is 13.0. The first-order chi connectivity index (χ1) is 23.4. The first-order valence-electron chi connectivity index (χ1n) is 15.8. The van der Waals surface area contributed by atoms with Crippen LogP contribution >= 0.6 is 11.6 Å². The topological polar surface area (TPSA) is 144 Å². The number of amides is 2. The Morgan fingerprint density at radius 1 is 1.20 bits per heavy atom. The Morgan fingerprint density at radius 2 is 1.98 bits per heavy atom. The maximum atomic E-state index is 14.4. The Labute approximate surface area is 282 Å². The van der Waals surface area contributed by atoms with Crippen LogP contribution in [0.2, 0.25) is 5.02 Å². The number of ether oxygens (including phenoxy) is 1. The molecule has 1 saturated heterocycles. The molecule has 12 nitrogen and oxygen atoms in total. The van der Waals surface area contributed by atoms with Crippen molar-refractivity contribution < 1.29 is 32.6 Å². The van der Waals surface area contributed by atoms with Crippen molar-refractivity contribution in [2.24, 2.45) is 0 Å². The maximum absolute atomic E-state index is 14.4. The highest BCUT2D eigenvalue weighted by Gasteiger charge is 2.49. The molecule has 0 unspecified atom stereocenters. The summed E-state index contributed by atoms with van der Waals surface area (Å²) in [7, 11) is 0. The number of fused-ring (bicyclic) bond motifs is 3. The lowest BCUT2D eigenvalue weighted by Crippen LogP contribution is -2.46. The van der Waals surface area contributed by atoms with E-state index in [4.69, 9.17) is 21.3 Å². The van der Waals surface area contributed by atoms with E-state index in [1.54, 1.807) is 9.47 Å². The van der Waals surface area contributed by atoms with Crippen LogP contribution in [-0.2, 0) is 27.7 Å². The molecule has 49 heavy (non-hydrogen) atoms. The fraction of sp³-hybridized carbons (Fsp3) is 0.394. The van der Waals surface area contributed by atoms with Crippen molar-refractivity contribution in [1.82, 2.24) is 29.0 Å². The normalized spacial score (nSPS) is 18.8. The number of piperidine rings is 1. The molecule has 3 aliphatic rings. The fourth-order valence-corrected chi connectivity index (χ4v) is 7.55. The quantitative estimate of drug-likeness (QED) is 0.303. The molecule has 2 amide bonds. The van der Waals surface area contributed by atoms with Gasteiger partial charge < -0.3 is 24.6 Å². The van der Waals surface area contributed by atoms with Gasteiger partial charge in [0.05, 0.1) is 29.5 Å². The van der Waals surface area contributed by atoms with Crippen LogP contribution in [0.5, 0.6) is 5.75 Å². The number of anilines is 1. The number of benzene rings is 1. The minimum Gasteiger partial charge on any atom is -0.505 e. The van der Waals surface area contributed by atoms with Gasteiger partial charge in [0.2, 0.25) is 11.7 Å². The third-order valence-electron chi connectivity index (χ3n) is 9.60. The van der Waals surface area contributed by atoms with E-state index in [0.29, 0.717) is 69.1 Å². The number of likely N-dealkylation sites (tertiary alicyclic amines) is 1. The SMILES string of the molecule is C[C@@H]1CC2(CCN(C(=O)c3ncccc3O)CC2)c2c1n(CC(=O)Nc1ccc(C(F)(F)F)cc1Cl)c1nc(C3=CCOCC3)nn1c2=O. The van der Waals surface area contributed by atoms with Crippen molar-refractivity contribution in [2.45, 2.75) is 56.7 Å². The molecule has 1 spiro atoms. The Hall–Kier alpha value is -4.76. The van der Waals surface area contributed by atoms with Gasteiger partial charge in [0.15, 0.2) is 11.5 Å². The number of aromatic nitrogens is 5. The number of aromatic hydroxyl groups is 1. The average Bonchev–Trinajstić information content (AvgIpc) is 3.64. The lowest BCUT2D eigenvalue weighted by atomic mass is 9.73. The minimum absolute atomic E-state index is 0.00314. The van der Waals surface area contributed by atoms with Gasteiger partial charge in [-0.05, 0) is 67.5 Å². The number of alkyl halides is 3. The molecule has 1 fully saturated rings. The molecule has 2 N–H and O–H groups in total. The molecule has 1 atom stereocenters. The van der Waals surface area contributed by atoms with Crippen molar-refractivity contribution in [2.75, 3.05) is 31.6 Å². The highest BCUT2D eigenvalue weighted by atomic mass is 35.5. The van der Waals surface area contributed by atoms with Crippen LogP contribution in [0.1, 0.15) is 71.7 Å². The lowest BCUT2D eigenvalue weighted by molar-refractivity contribution is -0.137. The van der Waals surface area contributed by atoms with Gasteiger partial charge >= 0.3 is 6.18 Å². The summed E-state index contributed by atoms with van der Waals surface area (Å²) in [6.07, 6.45) is 0.678. The number of nitrogens with one attached hydrogen (secondary N) is 1. The van der Waals surface area contributed by atoms with Crippen LogP contribution < -0.4 is 10.9 Å². The van der Waals surface area contributed by atoms with E-state index in [2.05, 4.69) is 15.4 Å². The van der Waals surface area contributed by atoms with Gasteiger partial charge in [-0.25, -0.2) is 4.98 Å². The molecule has 7 rings (SSSR count). The van der Waals surface area contributed by atoms with Crippen LogP contribution in [0.3, 0.4) is 0 Å². The number of hydrogen-bond donors (Lipinski definition) is 2. The summed E-state index contributed by atoms with van der Waals surface area (Å²) >= 11 is 6.13. The number of carbonyl (C=O) groups is 2. The third kappa shape index (κ3) is 5.84. The van der Waals surface area contributed by atoms with E-state index in [1.165, 1.54) is 22.8 Å². The molecular weight excluding hydrogens is 667 g/mol. The predicted octanol–water partition coefficient (Wildman–Crippen LogP) is 4.79. The first-order valence-corrected chi connectivity index (χ1v) is 16.1. The van der Waals surface area contributed by atoms with Gasteiger partial charge in [-0.15, -0.1) is 5.10 Å². The van der Waals surface area contributed by atoms with Crippen LogP contribution in [0.4, 0.5) is 18.9 Å². The second kappa shape index (κ2) is 12.3. The number of hydrogen-bond acceptors (Lipinski definition) is 8. The van der Waals surface area contributed by atoms with Gasteiger partial charge in [0.1, 0.15) is 12.3 Å². The molecule has 3 aromatic heterocycles. The zero-order chi connectivity index (χ0) is 34.7. The Kier molecular flexibility index (Phi) is 8.22. The Morgan fingerprint density at radius 3 is 2.65 bits per heavy atom. The molecule has 4 aromatic rings. The first kappa shape index (κ1) is 32.8. The maximum Gasteiger partial charge on any atom is 0.416 e. The molecule has 0 bridgehead atoms. The summed E-state index contributed by atoms with van der Waals surface area (Å²) in [5, 5.41) is 17.1. The minimum atomic E-state index is -4.60. The number of carbonyl (C=O) groups excluding carboxylic acids is 2. The van der Waals surface area contributed by atoms with Gasteiger partial charge in [0, 0.05) is 36.0 Å². The van der Waals surface area contributed by atoms with Gasteiger partial charge in [-0.3, -0.25) is 14.4 Å². The Bertz CT molecular complexity index is 2090. The number of halogens is 4. The van der Waals surface area contributed by atoms with E-state index in [0.717, 1.165) is 23.8 Å².